The van der Waals surface area contributed by atoms with Crippen LogP contribution < -0.4 is 9.80 Å². The predicted molar refractivity (Wildman–Crippen MR) is 140 cm³/mol. The number of thioether (sulfide) groups is 2. The first kappa shape index (κ1) is 20.1. The van der Waals surface area contributed by atoms with Crippen molar-refractivity contribution < 1.29 is 4.79 Å². The number of fused-ring (bicyclic) bond motifs is 2. The Morgan fingerprint density at radius 1 is 0.758 bits per heavy atom. The van der Waals surface area contributed by atoms with Crippen molar-refractivity contribution in [3.8, 4) is 0 Å². The third-order valence-electron chi connectivity index (χ3n) is 5.69. The van der Waals surface area contributed by atoms with Crippen LogP contribution in [-0.2, 0) is 4.79 Å². The molecule has 160 valence electrons. The first-order chi connectivity index (χ1) is 16.2. The molecule has 4 aromatic rings. The minimum atomic E-state index is -0.0482. The molecule has 0 N–H and O–H groups in total. The Bertz CT molecular complexity index is 1460. The fraction of sp³-hybridized carbons (Fsp3) is 0.0370. The van der Waals surface area contributed by atoms with E-state index in [1.165, 1.54) is 17.1 Å². The first-order valence-electron chi connectivity index (χ1n) is 10.6. The van der Waals surface area contributed by atoms with Gasteiger partial charge in [0.25, 0.3) is 5.91 Å². The smallest absolute Gasteiger partial charge is 0.274 e. The summed E-state index contributed by atoms with van der Waals surface area (Å²) in [6.45, 7) is 0. The van der Waals surface area contributed by atoms with Crippen molar-refractivity contribution in [2.24, 2.45) is 4.99 Å². The Hall–Kier alpha value is -3.48. The van der Waals surface area contributed by atoms with Crippen LogP contribution >= 0.6 is 23.5 Å². The first-order valence-corrected chi connectivity index (χ1v) is 12.2. The summed E-state index contributed by atoms with van der Waals surface area (Å²) in [5.74, 6) is -0.0482. The van der Waals surface area contributed by atoms with E-state index in [-0.39, 0.29) is 5.91 Å². The zero-order valence-corrected chi connectivity index (χ0v) is 19.4. The number of aliphatic imine (C=N–C) groups is 1. The molecule has 1 amide bonds. The average Bonchev–Trinajstić information content (AvgIpc) is 3.35. The van der Waals surface area contributed by atoms with Gasteiger partial charge < -0.3 is 4.90 Å². The zero-order chi connectivity index (χ0) is 22.4. The molecule has 2 heterocycles. The highest BCUT2D eigenvalue weighted by molar-refractivity contribution is 8.20. The molecular weight excluding hydrogens is 446 g/mol. The standard InChI is InChI=1S/C27H19N3OS2/c1-29-22-13-7-8-14-23(22)32-26(29)24-25(31)30(21-11-3-2-4-12-21)27(33-24)28-20-16-15-18-9-5-6-10-19(18)17-20/h2-17H,1H3. The Morgan fingerprint density at radius 3 is 2.30 bits per heavy atom. The second kappa shape index (κ2) is 8.14. The minimum Gasteiger partial charge on any atom is -0.337 e. The molecule has 0 unspecified atom stereocenters. The second-order valence-corrected chi connectivity index (χ2v) is 9.78. The van der Waals surface area contributed by atoms with E-state index in [0.29, 0.717) is 10.1 Å². The van der Waals surface area contributed by atoms with Crippen molar-refractivity contribution in [3.05, 3.63) is 107 Å². The van der Waals surface area contributed by atoms with Gasteiger partial charge in [0.15, 0.2) is 5.17 Å². The Labute approximate surface area is 200 Å². The number of carbonyl (C=O) groups excluding carboxylic acids is 1. The van der Waals surface area contributed by atoms with E-state index in [0.717, 1.165) is 32.4 Å². The van der Waals surface area contributed by atoms with Gasteiger partial charge in [0.05, 0.1) is 22.1 Å². The van der Waals surface area contributed by atoms with Gasteiger partial charge in [0.2, 0.25) is 0 Å². The lowest BCUT2D eigenvalue weighted by Crippen LogP contribution is -2.29. The van der Waals surface area contributed by atoms with E-state index in [9.17, 15) is 4.79 Å². The predicted octanol–water partition coefficient (Wildman–Crippen LogP) is 7.02. The molecule has 6 rings (SSSR count). The van der Waals surface area contributed by atoms with Crippen molar-refractivity contribution in [3.63, 3.8) is 0 Å². The SMILES string of the molecule is CN1C(=C2SC(=Nc3ccc4ccccc4c3)N(c3ccccc3)C2=O)Sc2ccccc21. The highest BCUT2D eigenvalue weighted by atomic mass is 32.2. The minimum absolute atomic E-state index is 0.0482. The van der Waals surface area contributed by atoms with Crippen molar-refractivity contribution >= 4 is 62.4 Å². The van der Waals surface area contributed by atoms with Crippen LogP contribution in [0.4, 0.5) is 17.1 Å². The van der Waals surface area contributed by atoms with Crippen LogP contribution in [0.3, 0.4) is 0 Å². The molecule has 2 aliphatic heterocycles. The zero-order valence-electron chi connectivity index (χ0n) is 17.8. The van der Waals surface area contributed by atoms with Crippen LogP contribution in [0, 0.1) is 0 Å². The monoisotopic (exact) mass is 465 g/mol. The van der Waals surface area contributed by atoms with E-state index in [4.69, 9.17) is 4.99 Å². The Balaban J connectivity index is 1.47. The number of anilines is 2. The number of nitrogens with zero attached hydrogens (tertiary/aromatic N) is 3. The summed E-state index contributed by atoms with van der Waals surface area (Å²) in [6, 6.07) is 32.3. The highest BCUT2D eigenvalue weighted by Crippen LogP contribution is 2.50. The number of carbonyl (C=O) groups is 1. The molecule has 1 saturated heterocycles. The maximum atomic E-state index is 13.7. The van der Waals surface area contributed by atoms with Gasteiger partial charge in [-0.2, -0.15) is 0 Å². The van der Waals surface area contributed by atoms with E-state index in [2.05, 4.69) is 41.3 Å². The maximum absolute atomic E-state index is 13.7. The summed E-state index contributed by atoms with van der Waals surface area (Å²) < 4.78 is 0. The molecule has 0 aromatic heterocycles. The van der Waals surface area contributed by atoms with Crippen LogP contribution in [0.15, 0.2) is 117 Å². The van der Waals surface area contributed by atoms with Crippen molar-refractivity contribution in [1.82, 2.24) is 0 Å². The lowest BCUT2D eigenvalue weighted by molar-refractivity contribution is -0.113. The van der Waals surface area contributed by atoms with Gasteiger partial charge in [-0.05, 0) is 58.9 Å². The molecule has 2 aliphatic rings. The third kappa shape index (κ3) is 3.52. The second-order valence-electron chi connectivity index (χ2n) is 7.77. The van der Waals surface area contributed by atoms with E-state index >= 15 is 0 Å². The third-order valence-corrected chi connectivity index (χ3v) is 8.08. The number of benzene rings is 4. The molecule has 33 heavy (non-hydrogen) atoms. The molecule has 0 spiro atoms. The fourth-order valence-corrected chi connectivity index (χ4v) is 6.39. The summed E-state index contributed by atoms with van der Waals surface area (Å²) in [5.41, 5.74) is 2.75. The van der Waals surface area contributed by atoms with E-state index in [1.54, 1.807) is 16.7 Å². The van der Waals surface area contributed by atoms with E-state index in [1.807, 2.05) is 67.7 Å². The van der Waals surface area contributed by atoms with Crippen molar-refractivity contribution in [1.29, 1.82) is 0 Å². The topological polar surface area (TPSA) is 35.9 Å². The van der Waals surface area contributed by atoms with Gasteiger partial charge in [-0.1, -0.05) is 72.4 Å². The van der Waals surface area contributed by atoms with Gasteiger partial charge in [0.1, 0.15) is 4.91 Å². The molecule has 0 saturated carbocycles. The van der Waals surface area contributed by atoms with Gasteiger partial charge in [-0.3, -0.25) is 9.69 Å². The fourth-order valence-electron chi connectivity index (χ4n) is 4.04. The average molecular weight is 466 g/mol. The number of hydrogen-bond acceptors (Lipinski definition) is 5. The summed E-state index contributed by atoms with van der Waals surface area (Å²) >= 11 is 3.07. The lowest BCUT2D eigenvalue weighted by Gasteiger charge is -2.16. The maximum Gasteiger partial charge on any atom is 0.274 e. The molecule has 6 heteroatoms. The van der Waals surface area contributed by atoms with Gasteiger partial charge >= 0.3 is 0 Å². The van der Waals surface area contributed by atoms with Crippen LogP contribution in [0.2, 0.25) is 0 Å². The number of amidine groups is 1. The summed E-state index contributed by atoms with van der Waals surface area (Å²) in [5, 5.41) is 3.89. The molecule has 4 aromatic carbocycles. The molecule has 4 nitrogen and oxygen atoms in total. The molecular formula is C27H19N3OS2. The number of hydrogen-bond donors (Lipinski definition) is 0. The van der Waals surface area contributed by atoms with Gasteiger partial charge in [-0.25, -0.2) is 4.99 Å². The Morgan fingerprint density at radius 2 is 1.48 bits per heavy atom. The van der Waals surface area contributed by atoms with Crippen molar-refractivity contribution in [2.75, 3.05) is 16.8 Å². The number of amides is 1. The van der Waals surface area contributed by atoms with Gasteiger partial charge in [0, 0.05) is 11.9 Å². The molecule has 0 bridgehead atoms. The van der Waals surface area contributed by atoms with Crippen molar-refractivity contribution in [2.45, 2.75) is 4.90 Å². The summed E-state index contributed by atoms with van der Waals surface area (Å²) in [6.07, 6.45) is 0. The normalized spacial score (nSPS) is 19.1. The molecule has 0 aliphatic carbocycles. The quantitative estimate of drug-likeness (QED) is 0.298. The largest absolute Gasteiger partial charge is 0.337 e. The highest BCUT2D eigenvalue weighted by Gasteiger charge is 2.40. The molecule has 0 atom stereocenters. The van der Waals surface area contributed by atoms with Crippen LogP contribution in [0.5, 0.6) is 0 Å². The molecule has 1 fully saturated rings. The summed E-state index contributed by atoms with van der Waals surface area (Å²) in [7, 11) is 2.01. The number of para-hydroxylation sites is 2. The van der Waals surface area contributed by atoms with E-state index < -0.39 is 0 Å². The summed E-state index contributed by atoms with van der Waals surface area (Å²) in [4.78, 5) is 24.3. The van der Waals surface area contributed by atoms with Crippen LogP contribution in [-0.4, -0.2) is 18.1 Å². The molecule has 0 radical (unpaired) electrons. The Kier molecular flexibility index (Phi) is 4.97. The van der Waals surface area contributed by atoms with Crippen LogP contribution in [0.1, 0.15) is 0 Å². The van der Waals surface area contributed by atoms with Crippen LogP contribution in [0.25, 0.3) is 10.8 Å². The lowest BCUT2D eigenvalue weighted by atomic mass is 10.1. The number of rotatable bonds is 2. The van der Waals surface area contributed by atoms with Gasteiger partial charge in [-0.15, -0.1) is 0 Å².